The third-order valence-electron chi connectivity index (χ3n) is 7.41. The average molecular weight is 499 g/mol. The maximum Gasteiger partial charge on any atom is 0.357 e. The van der Waals surface area contributed by atoms with Crippen molar-refractivity contribution in [2.24, 2.45) is 5.41 Å². The predicted octanol–water partition coefficient (Wildman–Crippen LogP) is 6.06. The molecule has 192 valence electrons. The minimum absolute atomic E-state index is 0.220. The smallest absolute Gasteiger partial charge is 0.357 e. The topological polar surface area (TPSA) is 87.5 Å². The van der Waals surface area contributed by atoms with Gasteiger partial charge in [0, 0.05) is 41.2 Å². The van der Waals surface area contributed by atoms with Gasteiger partial charge in [0.2, 0.25) is 0 Å². The lowest BCUT2D eigenvalue weighted by molar-refractivity contribution is 0.0519. The van der Waals surface area contributed by atoms with E-state index < -0.39 is 5.97 Å². The zero-order chi connectivity index (χ0) is 25.8. The standard InChI is InChI=1S/C30H34N4O3/c1-3-37-29(35)25-20-24(21-10-12-23(13-11-21)34-16-18-36-19-17-34)26(27(31)30(2)14-7-15-30)28(33-25)32-22-8-5-4-6-9-22/h4-6,8-13,20,31H,3,7,14-19H2,1-2H3,(H,32,33). The lowest BCUT2D eigenvalue weighted by Crippen LogP contribution is -2.36. The molecule has 0 atom stereocenters. The molecular weight excluding hydrogens is 464 g/mol. The largest absolute Gasteiger partial charge is 0.461 e. The van der Waals surface area contributed by atoms with Crippen molar-refractivity contribution in [1.82, 2.24) is 4.98 Å². The molecule has 2 N–H and O–H groups in total. The van der Waals surface area contributed by atoms with Gasteiger partial charge >= 0.3 is 5.97 Å². The molecule has 2 aliphatic rings. The third-order valence-corrected chi connectivity index (χ3v) is 7.41. The highest BCUT2D eigenvalue weighted by Crippen LogP contribution is 2.46. The number of nitrogens with one attached hydrogen (secondary N) is 2. The number of ether oxygens (including phenoxy) is 2. The molecule has 7 nitrogen and oxygen atoms in total. The summed E-state index contributed by atoms with van der Waals surface area (Å²) in [6.45, 7) is 7.37. The van der Waals surface area contributed by atoms with E-state index in [9.17, 15) is 10.2 Å². The number of morpholine rings is 1. The van der Waals surface area contributed by atoms with E-state index in [1.807, 2.05) is 30.3 Å². The molecule has 1 saturated carbocycles. The van der Waals surface area contributed by atoms with Crippen LogP contribution in [0.25, 0.3) is 11.1 Å². The quantitative estimate of drug-likeness (QED) is 0.290. The fourth-order valence-corrected chi connectivity index (χ4v) is 5.02. The summed E-state index contributed by atoms with van der Waals surface area (Å²) in [6, 6.07) is 19.9. The highest BCUT2D eigenvalue weighted by atomic mass is 16.5. The van der Waals surface area contributed by atoms with E-state index in [1.165, 1.54) is 0 Å². The second kappa shape index (κ2) is 10.7. The Labute approximate surface area is 218 Å². The first kappa shape index (κ1) is 25.0. The van der Waals surface area contributed by atoms with Crippen molar-refractivity contribution in [3.8, 4) is 11.1 Å². The second-order valence-corrected chi connectivity index (χ2v) is 9.93. The first-order valence-electron chi connectivity index (χ1n) is 13.1. The Hall–Kier alpha value is -3.71. The van der Waals surface area contributed by atoms with Crippen LogP contribution < -0.4 is 10.2 Å². The van der Waals surface area contributed by atoms with E-state index in [0.29, 0.717) is 11.5 Å². The number of nitrogens with zero attached hydrogens (tertiary/aromatic N) is 2. The van der Waals surface area contributed by atoms with Crippen LogP contribution in [0.2, 0.25) is 0 Å². The number of carbonyl (C=O) groups excluding carboxylic acids is 1. The molecule has 1 aliphatic heterocycles. The van der Waals surface area contributed by atoms with E-state index in [2.05, 4.69) is 41.4 Å². The number of para-hydroxylation sites is 1. The van der Waals surface area contributed by atoms with Crippen molar-refractivity contribution in [3.63, 3.8) is 0 Å². The van der Waals surface area contributed by atoms with Gasteiger partial charge in [-0.05, 0) is 61.2 Å². The van der Waals surface area contributed by atoms with Crippen LogP contribution in [0.1, 0.15) is 49.2 Å². The van der Waals surface area contributed by atoms with Crippen LogP contribution in [-0.2, 0) is 9.47 Å². The average Bonchev–Trinajstić information content (AvgIpc) is 2.92. The summed E-state index contributed by atoms with van der Waals surface area (Å²) in [5, 5.41) is 12.7. The zero-order valence-corrected chi connectivity index (χ0v) is 21.5. The Morgan fingerprint density at radius 2 is 1.81 bits per heavy atom. The molecule has 1 aliphatic carbocycles. The van der Waals surface area contributed by atoms with Gasteiger partial charge in [-0.25, -0.2) is 9.78 Å². The summed E-state index contributed by atoms with van der Waals surface area (Å²) in [7, 11) is 0. The van der Waals surface area contributed by atoms with Gasteiger partial charge in [0.1, 0.15) is 5.82 Å². The predicted molar refractivity (Wildman–Crippen MR) is 147 cm³/mol. The number of hydrogen-bond acceptors (Lipinski definition) is 7. The van der Waals surface area contributed by atoms with Gasteiger partial charge in [-0.2, -0.15) is 0 Å². The van der Waals surface area contributed by atoms with Crippen LogP contribution in [-0.4, -0.2) is 49.6 Å². The molecule has 1 saturated heterocycles. The zero-order valence-electron chi connectivity index (χ0n) is 21.5. The van der Waals surface area contributed by atoms with Gasteiger partial charge in [-0.15, -0.1) is 0 Å². The molecule has 2 heterocycles. The van der Waals surface area contributed by atoms with Gasteiger partial charge in [-0.3, -0.25) is 0 Å². The number of aromatic nitrogens is 1. The molecule has 2 fully saturated rings. The summed E-state index contributed by atoms with van der Waals surface area (Å²) in [5.74, 6) is 0.0277. The highest BCUT2D eigenvalue weighted by Gasteiger charge is 2.39. The molecule has 0 radical (unpaired) electrons. The van der Waals surface area contributed by atoms with Crippen LogP contribution in [0.4, 0.5) is 17.2 Å². The summed E-state index contributed by atoms with van der Waals surface area (Å²) < 4.78 is 10.8. The first-order chi connectivity index (χ1) is 18.0. The monoisotopic (exact) mass is 498 g/mol. The van der Waals surface area contributed by atoms with Crippen molar-refractivity contribution >= 4 is 28.9 Å². The fourth-order valence-electron chi connectivity index (χ4n) is 5.02. The molecule has 5 rings (SSSR count). The summed E-state index contributed by atoms with van der Waals surface area (Å²) in [5.41, 5.74) is 5.01. The number of hydrogen-bond donors (Lipinski definition) is 2. The molecule has 7 heteroatoms. The number of anilines is 3. The Morgan fingerprint density at radius 1 is 1.11 bits per heavy atom. The van der Waals surface area contributed by atoms with Crippen molar-refractivity contribution in [1.29, 1.82) is 5.41 Å². The number of carbonyl (C=O) groups is 1. The van der Waals surface area contributed by atoms with E-state index >= 15 is 0 Å². The molecule has 2 aromatic carbocycles. The Bertz CT molecular complexity index is 1260. The number of pyridine rings is 1. The summed E-state index contributed by atoms with van der Waals surface area (Å²) in [6.07, 6.45) is 3.04. The van der Waals surface area contributed by atoms with Gasteiger partial charge in [0.15, 0.2) is 5.69 Å². The molecule has 37 heavy (non-hydrogen) atoms. The van der Waals surface area contributed by atoms with Gasteiger partial charge < -0.3 is 25.1 Å². The van der Waals surface area contributed by atoms with E-state index in [0.717, 1.165) is 73.6 Å². The molecule has 0 bridgehead atoms. The normalized spacial score (nSPS) is 16.5. The number of rotatable bonds is 8. The minimum atomic E-state index is -0.474. The lowest BCUT2D eigenvalue weighted by atomic mass is 9.65. The second-order valence-electron chi connectivity index (χ2n) is 9.93. The Kier molecular flexibility index (Phi) is 7.24. The van der Waals surface area contributed by atoms with Crippen LogP contribution in [0.15, 0.2) is 60.7 Å². The Balaban J connectivity index is 1.64. The van der Waals surface area contributed by atoms with Crippen molar-refractivity contribution in [2.45, 2.75) is 33.1 Å². The van der Waals surface area contributed by atoms with Gasteiger partial charge in [-0.1, -0.05) is 43.7 Å². The van der Waals surface area contributed by atoms with E-state index in [1.54, 1.807) is 13.0 Å². The number of esters is 1. The third kappa shape index (κ3) is 5.23. The number of benzene rings is 2. The van der Waals surface area contributed by atoms with Gasteiger partial charge in [0.25, 0.3) is 0 Å². The molecule has 0 amide bonds. The van der Waals surface area contributed by atoms with Crippen LogP contribution in [0.5, 0.6) is 0 Å². The van der Waals surface area contributed by atoms with E-state index in [-0.39, 0.29) is 17.7 Å². The van der Waals surface area contributed by atoms with Crippen molar-refractivity contribution < 1.29 is 14.3 Å². The summed E-state index contributed by atoms with van der Waals surface area (Å²) >= 11 is 0. The van der Waals surface area contributed by atoms with Crippen LogP contribution >= 0.6 is 0 Å². The molecule has 0 unspecified atom stereocenters. The minimum Gasteiger partial charge on any atom is -0.461 e. The lowest BCUT2D eigenvalue weighted by Gasteiger charge is -2.40. The highest BCUT2D eigenvalue weighted by molar-refractivity contribution is 6.12. The first-order valence-corrected chi connectivity index (χ1v) is 13.1. The van der Waals surface area contributed by atoms with Crippen LogP contribution in [0.3, 0.4) is 0 Å². The van der Waals surface area contributed by atoms with Crippen LogP contribution in [0, 0.1) is 10.8 Å². The summed E-state index contributed by atoms with van der Waals surface area (Å²) in [4.78, 5) is 19.9. The van der Waals surface area contributed by atoms with Gasteiger partial charge in [0.05, 0.1) is 19.8 Å². The SMILES string of the molecule is CCOC(=O)c1cc(-c2ccc(N3CCOCC3)cc2)c(C(=N)C2(C)CCC2)c(Nc2ccccc2)n1. The maximum absolute atomic E-state index is 12.9. The molecular formula is C30H34N4O3. The Morgan fingerprint density at radius 3 is 2.43 bits per heavy atom. The van der Waals surface area contributed by atoms with E-state index in [4.69, 9.17) is 14.5 Å². The molecule has 3 aromatic rings. The molecule has 0 spiro atoms. The fraction of sp³-hybridized carbons (Fsp3) is 0.367. The maximum atomic E-state index is 12.9. The molecule has 1 aromatic heterocycles. The van der Waals surface area contributed by atoms with Crippen molar-refractivity contribution in [2.75, 3.05) is 43.1 Å². The van der Waals surface area contributed by atoms with Crippen molar-refractivity contribution in [3.05, 3.63) is 71.9 Å².